The predicted octanol–water partition coefficient (Wildman–Crippen LogP) is 5.27. The van der Waals surface area contributed by atoms with Crippen LogP contribution in [-0.2, 0) is 14.3 Å². The minimum absolute atomic E-state index is 0.0858. The van der Waals surface area contributed by atoms with E-state index in [0.717, 1.165) is 18.4 Å². The molecule has 2 aliphatic heterocycles. The molecule has 8 heteroatoms. The Kier molecular flexibility index (Phi) is 7.10. The van der Waals surface area contributed by atoms with Crippen molar-refractivity contribution in [3.63, 3.8) is 0 Å². The van der Waals surface area contributed by atoms with Crippen molar-refractivity contribution in [1.29, 1.82) is 0 Å². The average Bonchev–Trinajstić information content (AvgIpc) is 3.55. The number of para-hydroxylation sites is 1. The number of aromatic nitrogens is 1. The second kappa shape index (κ2) is 10.6. The van der Waals surface area contributed by atoms with Gasteiger partial charge in [-0.25, -0.2) is 0 Å². The zero-order valence-corrected chi connectivity index (χ0v) is 20.9. The first-order chi connectivity index (χ1) is 18.0. The van der Waals surface area contributed by atoms with E-state index in [1.165, 1.54) is 11.2 Å². The van der Waals surface area contributed by atoms with Gasteiger partial charge in [0.25, 0.3) is 5.91 Å². The summed E-state index contributed by atoms with van der Waals surface area (Å²) < 4.78 is 16.7. The third-order valence-electron chi connectivity index (χ3n) is 6.91. The van der Waals surface area contributed by atoms with Gasteiger partial charge < -0.3 is 19.1 Å². The fourth-order valence-electron chi connectivity index (χ4n) is 4.84. The monoisotopic (exact) mass is 502 g/mol. The van der Waals surface area contributed by atoms with Gasteiger partial charge in [-0.15, -0.1) is 0 Å². The number of hydrogen-bond acceptors (Lipinski definition) is 7. The Bertz CT molecular complexity index is 1290. The van der Waals surface area contributed by atoms with Gasteiger partial charge in [0.1, 0.15) is 17.7 Å². The van der Waals surface area contributed by atoms with E-state index in [1.807, 2.05) is 36.4 Å². The highest BCUT2D eigenvalue weighted by Gasteiger charge is 2.45. The number of benzene rings is 2. The number of anilines is 1. The van der Waals surface area contributed by atoms with Gasteiger partial charge in [0.15, 0.2) is 11.5 Å². The molecule has 0 spiro atoms. The Labute approximate surface area is 215 Å². The first kappa shape index (κ1) is 24.8. The lowest BCUT2D eigenvalue weighted by Crippen LogP contribution is -2.32. The molecule has 0 bridgehead atoms. The van der Waals surface area contributed by atoms with Gasteiger partial charge in [-0.3, -0.25) is 14.5 Å². The minimum atomic E-state index is -0.828. The maximum atomic E-state index is 13.4. The first-order valence-electron chi connectivity index (χ1n) is 12.6. The summed E-state index contributed by atoms with van der Waals surface area (Å²) in [6.07, 6.45) is 3.34. The van der Waals surface area contributed by atoms with Crippen molar-refractivity contribution in [2.45, 2.75) is 32.7 Å². The van der Waals surface area contributed by atoms with Crippen LogP contribution in [0.1, 0.15) is 38.3 Å². The second-order valence-corrected chi connectivity index (χ2v) is 9.70. The molecule has 0 saturated carbocycles. The van der Waals surface area contributed by atoms with E-state index in [-0.39, 0.29) is 11.4 Å². The normalized spacial score (nSPS) is 18.6. The number of carbonyl (C=O) groups excluding carboxylic acids is 2. The van der Waals surface area contributed by atoms with Crippen LogP contribution in [0, 0.1) is 11.8 Å². The fourth-order valence-corrected chi connectivity index (χ4v) is 4.84. The molecule has 0 radical (unpaired) electrons. The zero-order chi connectivity index (χ0) is 25.9. The van der Waals surface area contributed by atoms with Crippen molar-refractivity contribution in [3.05, 3.63) is 77.8 Å². The van der Waals surface area contributed by atoms with E-state index in [9.17, 15) is 14.7 Å². The number of carbonyl (C=O) groups is 2. The van der Waals surface area contributed by atoms with Crippen LogP contribution in [-0.4, -0.2) is 41.8 Å². The highest BCUT2D eigenvalue weighted by molar-refractivity contribution is 6.17. The van der Waals surface area contributed by atoms with Crippen LogP contribution in [0.4, 0.5) is 5.69 Å². The van der Waals surface area contributed by atoms with E-state index in [1.54, 1.807) is 32.0 Å². The third-order valence-corrected chi connectivity index (χ3v) is 6.91. The molecular formula is C29H30N2O6. The van der Waals surface area contributed by atoms with Crippen LogP contribution in [0.5, 0.6) is 5.75 Å². The molecule has 2 aliphatic rings. The second-order valence-electron chi connectivity index (χ2n) is 9.70. The van der Waals surface area contributed by atoms with Gasteiger partial charge in [0.05, 0.1) is 18.2 Å². The van der Waals surface area contributed by atoms with E-state index in [0.29, 0.717) is 48.4 Å². The molecule has 37 heavy (non-hydrogen) atoms. The number of Topliss-reactive ketones (excluding diaryl/α,β-unsaturated/α-hetero) is 1. The van der Waals surface area contributed by atoms with E-state index in [4.69, 9.17) is 14.0 Å². The Balaban J connectivity index is 1.54. The quantitative estimate of drug-likeness (QED) is 0.448. The minimum Gasteiger partial charge on any atom is -0.503 e. The van der Waals surface area contributed by atoms with Crippen molar-refractivity contribution < 1.29 is 28.7 Å². The molecule has 0 aliphatic carbocycles. The van der Waals surface area contributed by atoms with E-state index in [2.05, 4.69) is 5.16 Å². The van der Waals surface area contributed by atoms with Gasteiger partial charge in [-0.1, -0.05) is 49.3 Å². The Morgan fingerprint density at radius 1 is 1.11 bits per heavy atom. The molecule has 2 aromatic carbocycles. The molecule has 1 N–H and O–H groups in total. The molecule has 3 aromatic rings. The lowest BCUT2D eigenvalue weighted by molar-refractivity contribution is -0.119. The average molecular weight is 503 g/mol. The van der Waals surface area contributed by atoms with Crippen molar-refractivity contribution in [2.24, 2.45) is 11.8 Å². The van der Waals surface area contributed by atoms with E-state index >= 15 is 0 Å². The number of ketones is 1. The summed E-state index contributed by atoms with van der Waals surface area (Å²) in [5.41, 5.74) is 2.76. The topological polar surface area (TPSA) is 102 Å². The molecule has 1 atom stereocenters. The van der Waals surface area contributed by atoms with Crippen LogP contribution in [0.2, 0.25) is 0 Å². The highest BCUT2D eigenvalue weighted by Crippen LogP contribution is 2.45. The molecule has 1 amide bonds. The number of aliphatic hydroxyl groups is 1. The van der Waals surface area contributed by atoms with Crippen LogP contribution in [0.15, 0.2) is 76.7 Å². The molecule has 192 valence electrons. The van der Waals surface area contributed by atoms with Crippen molar-refractivity contribution >= 4 is 17.4 Å². The summed E-state index contributed by atoms with van der Waals surface area (Å²) in [4.78, 5) is 28.2. The SMILES string of the molecule is CC(C)C(=O)C1=C(O)C(=O)N(c2ccc(-c3ccon3)cc2)C1c1ccccc1OCC1CCOCC1. The summed E-state index contributed by atoms with van der Waals surface area (Å²) in [7, 11) is 0. The van der Waals surface area contributed by atoms with Crippen molar-refractivity contribution in [3.8, 4) is 17.0 Å². The van der Waals surface area contributed by atoms with Gasteiger partial charge in [-0.05, 0) is 37.0 Å². The smallest absolute Gasteiger partial charge is 0.294 e. The Hall–Kier alpha value is -3.91. The van der Waals surface area contributed by atoms with Gasteiger partial charge in [0, 0.05) is 42.0 Å². The van der Waals surface area contributed by atoms with Crippen LogP contribution in [0.25, 0.3) is 11.3 Å². The third kappa shape index (κ3) is 4.89. The first-order valence-corrected chi connectivity index (χ1v) is 12.6. The number of amides is 1. The number of rotatable bonds is 8. The van der Waals surface area contributed by atoms with E-state index < -0.39 is 23.6 Å². The Morgan fingerprint density at radius 3 is 2.51 bits per heavy atom. The molecule has 3 heterocycles. The molecular weight excluding hydrogens is 472 g/mol. The lowest BCUT2D eigenvalue weighted by atomic mass is 9.90. The molecule has 1 fully saturated rings. The van der Waals surface area contributed by atoms with Crippen LogP contribution < -0.4 is 9.64 Å². The van der Waals surface area contributed by atoms with Gasteiger partial charge in [0.2, 0.25) is 0 Å². The molecule has 1 saturated heterocycles. The maximum Gasteiger partial charge on any atom is 0.294 e. The summed E-state index contributed by atoms with van der Waals surface area (Å²) in [6.45, 7) is 5.46. The van der Waals surface area contributed by atoms with Gasteiger partial charge in [-0.2, -0.15) is 0 Å². The summed E-state index contributed by atoms with van der Waals surface area (Å²) in [5, 5.41) is 14.9. The number of hydrogen-bond donors (Lipinski definition) is 1. The van der Waals surface area contributed by atoms with Gasteiger partial charge >= 0.3 is 0 Å². The fraction of sp³-hybridized carbons (Fsp3) is 0.345. The van der Waals surface area contributed by atoms with Crippen molar-refractivity contribution in [1.82, 2.24) is 5.16 Å². The summed E-state index contributed by atoms with van der Waals surface area (Å²) in [5.74, 6) is -0.882. The largest absolute Gasteiger partial charge is 0.503 e. The number of nitrogens with zero attached hydrogens (tertiary/aromatic N) is 2. The van der Waals surface area contributed by atoms with Crippen LogP contribution >= 0.6 is 0 Å². The molecule has 8 nitrogen and oxygen atoms in total. The van der Waals surface area contributed by atoms with Crippen LogP contribution in [0.3, 0.4) is 0 Å². The summed E-state index contributed by atoms with van der Waals surface area (Å²) >= 11 is 0. The van der Waals surface area contributed by atoms with Crippen molar-refractivity contribution in [2.75, 3.05) is 24.7 Å². The number of ether oxygens (including phenoxy) is 2. The Morgan fingerprint density at radius 2 is 1.84 bits per heavy atom. The molecule has 1 aromatic heterocycles. The number of aliphatic hydroxyl groups excluding tert-OH is 1. The zero-order valence-electron chi connectivity index (χ0n) is 20.9. The molecule has 5 rings (SSSR count). The predicted molar refractivity (Wildman–Crippen MR) is 137 cm³/mol. The highest BCUT2D eigenvalue weighted by atomic mass is 16.5. The maximum absolute atomic E-state index is 13.4. The standard InChI is InChI=1S/C29H30N2O6/c1-18(2)27(32)25-26(22-5-3-4-6-24(22)36-17-19-11-14-35-15-12-19)31(29(34)28(25)33)21-9-7-20(8-10-21)23-13-16-37-30-23/h3-10,13,16,18-19,26,33H,11-12,14-15,17H2,1-2H3. The lowest BCUT2D eigenvalue weighted by Gasteiger charge is -2.29. The summed E-state index contributed by atoms with van der Waals surface area (Å²) in [6, 6.07) is 15.5. The molecule has 1 unspecified atom stereocenters.